The van der Waals surface area contributed by atoms with Gasteiger partial charge in [-0.1, -0.05) is 0 Å². The monoisotopic (exact) mass is 360 g/mol. The summed E-state index contributed by atoms with van der Waals surface area (Å²) in [6, 6.07) is -0.857. The van der Waals surface area contributed by atoms with Gasteiger partial charge in [0, 0.05) is 21.3 Å². The van der Waals surface area contributed by atoms with Crippen LogP contribution in [-0.4, -0.2) is 73.8 Å². The van der Waals surface area contributed by atoms with Crippen LogP contribution in [0.4, 0.5) is 30.7 Å². The Kier molecular flexibility index (Phi) is 9.51. The first-order valence-corrected chi connectivity index (χ1v) is 8.18. The van der Waals surface area contributed by atoms with Crippen molar-refractivity contribution in [2.24, 2.45) is 0 Å². The molecule has 6 atom stereocenters. The molecule has 0 aromatic rings. The molecule has 0 N–H and O–H groups in total. The largest absolute Gasteiger partial charge is 0.503 e. The molecule has 0 saturated heterocycles. The Morgan fingerprint density at radius 3 is 1.36 bits per heavy atom. The van der Waals surface area contributed by atoms with E-state index in [9.17, 15) is 30.7 Å². The fourth-order valence-electron chi connectivity index (χ4n) is 1.69. The molecule has 0 aliphatic rings. The van der Waals surface area contributed by atoms with Gasteiger partial charge < -0.3 is 13.3 Å². The smallest absolute Gasteiger partial charge is 0.377 e. The van der Waals surface area contributed by atoms with Crippen molar-refractivity contribution in [1.29, 1.82) is 0 Å². The summed E-state index contributed by atoms with van der Waals surface area (Å²) in [6.45, 7) is -1.91. The Bertz CT molecular complexity index is 303. The third-order valence-corrected chi connectivity index (χ3v) is 5.89. The fraction of sp³-hybridized carbons (Fsp3) is 1.00. The van der Waals surface area contributed by atoms with Crippen LogP contribution < -0.4 is 0 Å². The highest BCUT2D eigenvalue weighted by molar-refractivity contribution is 6.60. The molecule has 0 saturated carbocycles. The number of hydrogen-bond donors (Lipinski definition) is 0. The molecule has 6 unspecified atom stereocenters. The summed E-state index contributed by atoms with van der Waals surface area (Å²) in [4.78, 5) is 0. The van der Waals surface area contributed by atoms with Crippen LogP contribution in [0.25, 0.3) is 0 Å². The second kappa shape index (κ2) is 9.68. The van der Waals surface area contributed by atoms with E-state index < -0.39 is 58.6 Å². The predicted molar refractivity (Wildman–Crippen MR) is 66.9 cm³/mol. The van der Waals surface area contributed by atoms with Crippen LogP contribution in [0.3, 0.4) is 0 Å². The average molecular weight is 360 g/mol. The number of halogens is 7. The van der Waals surface area contributed by atoms with Crippen molar-refractivity contribution in [3.8, 4) is 0 Å². The van der Waals surface area contributed by atoms with Gasteiger partial charge >= 0.3 is 8.80 Å². The van der Waals surface area contributed by atoms with Gasteiger partial charge in [-0.25, -0.2) is 30.7 Å². The molecule has 22 heavy (non-hydrogen) atoms. The summed E-state index contributed by atoms with van der Waals surface area (Å²) < 4.78 is 106. The highest BCUT2D eigenvalue weighted by Gasteiger charge is 2.48. The van der Waals surface area contributed by atoms with Gasteiger partial charge in [-0.3, -0.25) is 0 Å². The van der Waals surface area contributed by atoms with Crippen LogP contribution in [0.15, 0.2) is 0 Å². The van der Waals surface area contributed by atoms with E-state index in [2.05, 4.69) is 0 Å². The Labute approximate surface area is 125 Å². The summed E-state index contributed by atoms with van der Waals surface area (Å²) in [5.74, 6) is 0. The average Bonchev–Trinajstić information content (AvgIpc) is 2.55. The molecule has 11 heteroatoms. The van der Waals surface area contributed by atoms with E-state index in [4.69, 9.17) is 13.3 Å². The lowest BCUT2D eigenvalue weighted by atomic mass is 10.0. The zero-order valence-electron chi connectivity index (χ0n) is 12.2. The molecule has 0 aromatic carbocycles. The lowest BCUT2D eigenvalue weighted by Crippen LogP contribution is -2.49. The van der Waals surface area contributed by atoms with E-state index in [0.717, 1.165) is 21.3 Å². The Morgan fingerprint density at radius 2 is 1.05 bits per heavy atom. The first kappa shape index (κ1) is 21.6. The molecule has 0 heterocycles. The van der Waals surface area contributed by atoms with Crippen molar-refractivity contribution in [1.82, 2.24) is 0 Å². The molecule has 134 valence electrons. The van der Waals surface area contributed by atoms with Crippen molar-refractivity contribution in [2.75, 3.05) is 28.0 Å². The Hall–Kier alpha value is -0.393. The molecule has 0 aliphatic carbocycles. The molecule has 0 spiro atoms. The quantitative estimate of drug-likeness (QED) is 0.419. The number of rotatable bonds is 11. The van der Waals surface area contributed by atoms with E-state index in [1.54, 1.807) is 0 Å². The molecule has 0 rings (SSSR count). The molecule has 0 aromatic heterocycles. The van der Waals surface area contributed by atoms with Crippen LogP contribution in [0.2, 0.25) is 6.04 Å². The molecule has 0 bridgehead atoms. The third kappa shape index (κ3) is 5.35. The summed E-state index contributed by atoms with van der Waals surface area (Å²) in [7, 11) is -0.330. The van der Waals surface area contributed by atoms with Crippen molar-refractivity contribution < 1.29 is 44.0 Å². The fourth-order valence-corrected chi connectivity index (χ4v) is 3.39. The molecular formula is C11H19F7O3Si. The first-order valence-electron chi connectivity index (χ1n) is 6.25. The maximum Gasteiger partial charge on any atom is 0.503 e. The first-order chi connectivity index (χ1) is 10.2. The van der Waals surface area contributed by atoms with Crippen molar-refractivity contribution in [2.45, 2.75) is 43.1 Å². The van der Waals surface area contributed by atoms with Gasteiger partial charge in [-0.15, -0.1) is 0 Å². The molecule has 0 aliphatic heterocycles. The molecule has 3 nitrogen and oxygen atoms in total. The summed E-state index contributed by atoms with van der Waals surface area (Å²) in [5.41, 5.74) is 0. The van der Waals surface area contributed by atoms with Gasteiger partial charge in [0.2, 0.25) is 0 Å². The topological polar surface area (TPSA) is 27.7 Å². The van der Waals surface area contributed by atoms with Crippen LogP contribution in [0.5, 0.6) is 0 Å². The summed E-state index contributed by atoms with van der Waals surface area (Å²) in [6.07, 6.45) is -18.6. The normalized spacial score (nSPS) is 21.0. The Morgan fingerprint density at radius 1 is 0.682 bits per heavy atom. The second-order valence-corrected chi connectivity index (χ2v) is 7.46. The lowest BCUT2D eigenvalue weighted by molar-refractivity contribution is -0.0236. The second-order valence-electron chi connectivity index (χ2n) is 4.46. The molecular weight excluding hydrogens is 341 g/mol. The molecule has 0 amide bonds. The SMILES string of the molecule is CO[Si](CC(F)C(F)C(F)C(F)C(F)C(F)CF)(OC)OC. The van der Waals surface area contributed by atoms with Crippen molar-refractivity contribution in [3.05, 3.63) is 0 Å². The maximum absolute atomic E-state index is 13.7. The van der Waals surface area contributed by atoms with E-state index in [1.165, 1.54) is 0 Å². The van der Waals surface area contributed by atoms with Gasteiger partial charge in [-0.05, 0) is 0 Å². The number of alkyl halides is 7. The minimum Gasteiger partial charge on any atom is -0.377 e. The van der Waals surface area contributed by atoms with E-state index >= 15 is 0 Å². The van der Waals surface area contributed by atoms with E-state index in [1.807, 2.05) is 0 Å². The zero-order valence-corrected chi connectivity index (χ0v) is 13.2. The van der Waals surface area contributed by atoms with Gasteiger partial charge in [0.25, 0.3) is 0 Å². The lowest BCUT2D eigenvalue weighted by Gasteiger charge is -2.28. The minimum atomic E-state index is -3.61. The van der Waals surface area contributed by atoms with Gasteiger partial charge in [0.05, 0.1) is 6.04 Å². The van der Waals surface area contributed by atoms with Crippen LogP contribution >= 0.6 is 0 Å². The van der Waals surface area contributed by atoms with E-state index in [-0.39, 0.29) is 0 Å². The minimum absolute atomic E-state index is 0.857. The molecule has 0 fully saturated rings. The highest BCUT2D eigenvalue weighted by atomic mass is 28.4. The van der Waals surface area contributed by atoms with Gasteiger partial charge in [-0.2, -0.15) is 0 Å². The standard InChI is InChI=1S/C11H19F7O3Si/c1-19-22(20-2,21-3)5-7(14)9(16)11(18)10(17)8(15)6(13)4-12/h6-11H,4-5H2,1-3H3. The number of hydrogen-bond acceptors (Lipinski definition) is 3. The van der Waals surface area contributed by atoms with E-state index in [0.29, 0.717) is 0 Å². The maximum atomic E-state index is 13.7. The zero-order chi connectivity index (χ0) is 17.5. The van der Waals surface area contributed by atoms with Gasteiger partial charge in [0.15, 0.2) is 30.9 Å². The van der Waals surface area contributed by atoms with Crippen LogP contribution in [-0.2, 0) is 13.3 Å². The Balaban J connectivity index is 4.83. The summed E-state index contributed by atoms with van der Waals surface area (Å²) >= 11 is 0. The van der Waals surface area contributed by atoms with Crippen molar-refractivity contribution in [3.63, 3.8) is 0 Å². The van der Waals surface area contributed by atoms with Crippen LogP contribution in [0.1, 0.15) is 0 Å². The van der Waals surface area contributed by atoms with Crippen molar-refractivity contribution >= 4 is 8.80 Å². The van der Waals surface area contributed by atoms with Crippen LogP contribution in [0, 0.1) is 0 Å². The summed E-state index contributed by atoms with van der Waals surface area (Å²) in [5, 5.41) is 0. The van der Waals surface area contributed by atoms with Gasteiger partial charge in [0.1, 0.15) is 12.8 Å². The highest BCUT2D eigenvalue weighted by Crippen LogP contribution is 2.28. The third-order valence-electron chi connectivity index (χ3n) is 3.13. The molecule has 0 radical (unpaired) electrons. The predicted octanol–water partition coefficient (Wildman–Crippen LogP) is 2.86.